The van der Waals surface area contributed by atoms with Crippen LogP contribution in [0.3, 0.4) is 0 Å². The van der Waals surface area contributed by atoms with Gasteiger partial charge in [0.1, 0.15) is 5.82 Å². The van der Waals surface area contributed by atoms with Crippen molar-refractivity contribution in [1.82, 2.24) is 9.62 Å². The van der Waals surface area contributed by atoms with Crippen molar-refractivity contribution in [2.75, 3.05) is 13.1 Å². The molecular weight excluding hydrogens is 343 g/mol. The third-order valence-electron chi connectivity index (χ3n) is 3.86. The Labute approximate surface area is 147 Å². The average molecular weight is 364 g/mol. The van der Waals surface area contributed by atoms with Gasteiger partial charge in [-0.2, -0.15) is 4.31 Å². The molecule has 2 aromatic carbocycles. The van der Waals surface area contributed by atoms with E-state index in [0.717, 1.165) is 0 Å². The minimum Gasteiger partial charge on any atom is -0.348 e. The molecule has 2 rings (SSSR count). The second-order valence-electron chi connectivity index (χ2n) is 5.39. The van der Waals surface area contributed by atoms with Gasteiger partial charge in [0.05, 0.1) is 4.90 Å². The van der Waals surface area contributed by atoms with Gasteiger partial charge >= 0.3 is 0 Å². The van der Waals surface area contributed by atoms with Crippen LogP contribution < -0.4 is 5.32 Å². The van der Waals surface area contributed by atoms with E-state index in [1.165, 1.54) is 34.6 Å². The molecule has 0 aliphatic rings. The van der Waals surface area contributed by atoms with Crippen molar-refractivity contribution >= 4 is 15.9 Å². The second kappa shape index (κ2) is 8.22. The quantitative estimate of drug-likeness (QED) is 0.821. The van der Waals surface area contributed by atoms with E-state index in [2.05, 4.69) is 5.32 Å². The Morgan fingerprint density at radius 3 is 2.20 bits per heavy atom. The van der Waals surface area contributed by atoms with Crippen molar-refractivity contribution in [3.8, 4) is 0 Å². The minimum atomic E-state index is -3.55. The van der Waals surface area contributed by atoms with Crippen LogP contribution >= 0.6 is 0 Å². The Balaban J connectivity index is 2.09. The Hall–Kier alpha value is -2.25. The van der Waals surface area contributed by atoms with Crippen molar-refractivity contribution in [2.24, 2.45) is 0 Å². The summed E-state index contributed by atoms with van der Waals surface area (Å²) in [4.78, 5) is 12.3. The molecule has 0 atom stereocenters. The number of amides is 1. The van der Waals surface area contributed by atoms with Crippen LogP contribution in [-0.4, -0.2) is 31.7 Å². The number of halogens is 1. The van der Waals surface area contributed by atoms with Gasteiger partial charge in [0.15, 0.2) is 0 Å². The first-order chi connectivity index (χ1) is 11.9. The molecular formula is C18H21FN2O3S. The lowest BCUT2D eigenvalue weighted by atomic mass is 10.2. The zero-order chi connectivity index (χ0) is 18.4. The Morgan fingerprint density at radius 1 is 1.04 bits per heavy atom. The molecule has 0 radical (unpaired) electrons. The largest absolute Gasteiger partial charge is 0.348 e. The molecule has 0 saturated carbocycles. The molecule has 5 nitrogen and oxygen atoms in total. The SMILES string of the molecule is CCN(CC)S(=O)(=O)c1ccc(C(=O)NCc2ccccc2F)cc1. The molecule has 0 heterocycles. The molecule has 0 unspecified atom stereocenters. The maximum Gasteiger partial charge on any atom is 0.251 e. The van der Waals surface area contributed by atoms with E-state index in [0.29, 0.717) is 24.2 Å². The Morgan fingerprint density at radius 2 is 1.64 bits per heavy atom. The number of sulfonamides is 1. The third-order valence-corrected chi connectivity index (χ3v) is 5.92. The molecule has 0 spiro atoms. The van der Waals surface area contributed by atoms with Crippen LogP contribution in [0.25, 0.3) is 0 Å². The predicted octanol–water partition coefficient (Wildman–Crippen LogP) is 2.79. The summed E-state index contributed by atoms with van der Waals surface area (Å²) in [7, 11) is -3.55. The number of hydrogen-bond donors (Lipinski definition) is 1. The minimum absolute atomic E-state index is 0.0605. The van der Waals surface area contributed by atoms with Gasteiger partial charge in [-0.3, -0.25) is 4.79 Å². The number of nitrogens with one attached hydrogen (secondary N) is 1. The normalized spacial score (nSPS) is 11.5. The maximum atomic E-state index is 13.5. The second-order valence-corrected chi connectivity index (χ2v) is 7.33. The van der Waals surface area contributed by atoms with Gasteiger partial charge in [0.25, 0.3) is 5.91 Å². The molecule has 0 fully saturated rings. The Bertz CT molecular complexity index is 832. The van der Waals surface area contributed by atoms with Gasteiger partial charge in [0.2, 0.25) is 10.0 Å². The van der Waals surface area contributed by atoms with Gasteiger partial charge < -0.3 is 5.32 Å². The van der Waals surface area contributed by atoms with E-state index < -0.39 is 15.9 Å². The Kier molecular flexibility index (Phi) is 6.27. The monoisotopic (exact) mass is 364 g/mol. The number of carbonyl (C=O) groups excluding carboxylic acids is 1. The summed E-state index contributed by atoms with van der Waals surface area (Å²) in [5, 5.41) is 2.62. The van der Waals surface area contributed by atoms with Crippen molar-refractivity contribution in [3.05, 3.63) is 65.5 Å². The number of carbonyl (C=O) groups is 1. The number of nitrogens with zero attached hydrogens (tertiary/aromatic N) is 1. The fourth-order valence-electron chi connectivity index (χ4n) is 2.41. The van der Waals surface area contributed by atoms with Crippen LogP contribution in [0.4, 0.5) is 4.39 Å². The van der Waals surface area contributed by atoms with Crippen molar-refractivity contribution in [2.45, 2.75) is 25.3 Å². The maximum absolute atomic E-state index is 13.5. The molecule has 25 heavy (non-hydrogen) atoms. The van der Waals surface area contributed by atoms with Gasteiger partial charge in [-0.15, -0.1) is 0 Å². The van der Waals surface area contributed by atoms with Crippen LogP contribution in [0.15, 0.2) is 53.4 Å². The molecule has 0 aliphatic carbocycles. The average Bonchev–Trinajstić information content (AvgIpc) is 2.61. The zero-order valence-corrected chi connectivity index (χ0v) is 15.0. The first-order valence-corrected chi connectivity index (χ1v) is 9.46. The van der Waals surface area contributed by atoms with Gasteiger partial charge in [-0.05, 0) is 30.3 Å². The van der Waals surface area contributed by atoms with E-state index in [9.17, 15) is 17.6 Å². The summed E-state index contributed by atoms with van der Waals surface area (Å²) in [5.74, 6) is -0.779. The number of benzene rings is 2. The molecule has 0 saturated heterocycles. The first kappa shape index (κ1) is 19.1. The number of rotatable bonds is 7. The van der Waals surface area contributed by atoms with Crippen molar-refractivity contribution < 1.29 is 17.6 Å². The predicted molar refractivity (Wildman–Crippen MR) is 94.1 cm³/mol. The molecule has 0 aliphatic heterocycles. The highest BCUT2D eigenvalue weighted by molar-refractivity contribution is 7.89. The van der Waals surface area contributed by atoms with Crippen LogP contribution in [0.2, 0.25) is 0 Å². The lowest BCUT2D eigenvalue weighted by Gasteiger charge is -2.18. The van der Waals surface area contributed by atoms with Crippen LogP contribution in [0, 0.1) is 5.82 Å². The highest BCUT2D eigenvalue weighted by Crippen LogP contribution is 2.16. The van der Waals surface area contributed by atoms with Crippen LogP contribution in [-0.2, 0) is 16.6 Å². The highest BCUT2D eigenvalue weighted by atomic mass is 32.2. The summed E-state index contributed by atoms with van der Waals surface area (Å²) >= 11 is 0. The van der Waals surface area contributed by atoms with Crippen molar-refractivity contribution in [1.29, 1.82) is 0 Å². The van der Waals surface area contributed by atoms with E-state index in [1.807, 2.05) is 0 Å². The van der Waals surface area contributed by atoms with E-state index >= 15 is 0 Å². The van der Waals surface area contributed by atoms with E-state index in [1.54, 1.807) is 32.0 Å². The lowest BCUT2D eigenvalue weighted by Crippen LogP contribution is -2.30. The summed E-state index contributed by atoms with van der Waals surface area (Å²) in [6, 6.07) is 11.9. The van der Waals surface area contributed by atoms with E-state index in [4.69, 9.17) is 0 Å². The van der Waals surface area contributed by atoms with Crippen LogP contribution in [0.1, 0.15) is 29.8 Å². The smallest absolute Gasteiger partial charge is 0.251 e. The van der Waals surface area contributed by atoms with Crippen molar-refractivity contribution in [3.63, 3.8) is 0 Å². The fraction of sp³-hybridized carbons (Fsp3) is 0.278. The number of hydrogen-bond acceptors (Lipinski definition) is 3. The van der Waals surface area contributed by atoms with E-state index in [-0.39, 0.29) is 17.3 Å². The zero-order valence-electron chi connectivity index (χ0n) is 14.2. The molecule has 1 N–H and O–H groups in total. The van der Waals surface area contributed by atoms with Crippen LogP contribution in [0.5, 0.6) is 0 Å². The summed E-state index contributed by atoms with van der Waals surface area (Å²) in [5.41, 5.74) is 0.700. The summed E-state index contributed by atoms with van der Waals surface area (Å²) < 4.78 is 39.7. The highest BCUT2D eigenvalue weighted by Gasteiger charge is 2.21. The first-order valence-electron chi connectivity index (χ1n) is 8.02. The van der Waals surface area contributed by atoms with Gasteiger partial charge in [-0.1, -0.05) is 32.0 Å². The molecule has 0 bridgehead atoms. The van der Waals surface area contributed by atoms with Gasteiger partial charge in [-0.25, -0.2) is 12.8 Å². The molecule has 1 amide bonds. The summed E-state index contributed by atoms with van der Waals surface area (Å²) in [6.07, 6.45) is 0. The summed E-state index contributed by atoms with van der Waals surface area (Å²) in [6.45, 7) is 4.36. The molecule has 2 aromatic rings. The standard InChI is InChI=1S/C18H21FN2O3S/c1-3-21(4-2)25(23,24)16-11-9-14(10-12-16)18(22)20-13-15-7-5-6-8-17(15)19/h5-12H,3-4,13H2,1-2H3,(H,20,22). The molecule has 0 aromatic heterocycles. The third kappa shape index (κ3) is 4.43. The molecule has 134 valence electrons. The topological polar surface area (TPSA) is 66.5 Å². The molecule has 7 heteroatoms. The lowest BCUT2D eigenvalue weighted by molar-refractivity contribution is 0.0950. The fourth-order valence-corrected chi connectivity index (χ4v) is 3.87. The van der Waals surface area contributed by atoms with Gasteiger partial charge in [0, 0.05) is 30.8 Å².